The highest BCUT2D eigenvalue weighted by atomic mass is 19.4. The number of hydrogen-bond acceptors (Lipinski definition) is 5. The van der Waals surface area contributed by atoms with Crippen molar-refractivity contribution in [2.75, 3.05) is 0 Å². The number of halogens is 3. The number of furan rings is 1. The minimum atomic E-state index is -4.72. The minimum absolute atomic E-state index is 0.281. The first-order valence-corrected chi connectivity index (χ1v) is 7.57. The number of benzene rings is 2. The smallest absolute Gasteiger partial charge is 0.464 e. The highest BCUT2D eigenvalue weighted by molar-refractivity contribution is 5.96. The molecular formula is C18H11F3N2O3. The molecule has 0 radical (unpaired) electrons. The lowest BCUT2D eigenvalue weighted by atomic mass is 10.0. The van der Waals surface area contributed by atoms with Crippen LogP contribution in [0.5, 0.6) is 5.75 Å². The lowest BCUT2D eigenvalue weighted by Gasteiger charge is -2.09. The molecule has 2 aromatic carbocycles. The molecule has 5 nitrogen and oxygen atoms in total. The number of rotatable bonds is 3. The van der Waals surface area contributed by atoms with Crippen molar-refractivity contribution in [3.05, 3.63) is 54.6 Å². The first kappa shape index (κ1) is 16.2. The standard InChI is InChI=1S/C18H11F3N2O3/c1-10-22-23-17(25-10)12-4-7-16-14(8-12)15(9-24-16)11-2-5-13(6-3-11)26-18(19,20)21/h2-9H,1H3. The average molecular weight is 360 g/mol. The number of hydrogen-bond donors (Lipinski definition) is 0. The molecule has 132 valence electrons. The van der Waals surface area contributed by atoms with Crippen molar-refractivity contribution in [3.8, 4) is 28.3 Å². The van der Waals surface area contributed by atoms with E-state index in [1.54, 1.807) is 25.3 Å². The number of aromatic nitrogens is 2. The molecule has 0 aliphatic heterocycles. The normalized spacial score (nSPS) is 11.8. The van der Waals surface area contributed by atoms with Crippen LogP contribution < -0.4 is 4.74 Å². The number of nitrogens with zero attached hydrogens (tertiary/aromatic N) is 2. The summed E-state index contributed by atoms with van der Waals surface area (Å²) < 4.78 is 51.7. The average Bonchev–Trinajstić information content (AvgIpc) is 3.20. The molecule has 0 aliphatic rings. The molecule has 2 heterocycles. The maximum Gasteiger partial charge on any atom is 0.573 e. The second-order valence-electron chi connectivity index (χ2n) is 5.56. The van der Waals surface area contributed by atoms with Crippen LogP contribution >= 0.6 is 0 Å². The monoisotopic (exact) mass is 360 g/mol. The molecule has 26 heavy (non-hydrogen) atoms. The van der Waals surface area contributed by atoms with Crippen LogP contribution in [0.2, 0.25) is 0 Å². The van der Waals surface area contributed by atoms with Crippen molar-refractivity contribution in [2.24, 2.45) is 0 Å². The second kappa shape index (κ2) is 5.91. The Morgan fingerprint density at radius 2 is 1.69 bits per heavy atom. The van der Waals surface area contributed by atoms with Gasteiger partial charge in [-0.05, 0) is 35.9 Å². The van der Waals surface area contributed by atoms with Crippen LogP contribution in [-0.2, 0) is 0 Å². The van der Waals surface area contributed by atoms with Crippen LogP contribution in [0.4, 0.5) is 13.2 Å². The number of fused-ring (bicyclic) bond motifs is 1. The molecule has 4 aromatic rings. The Kier molecular flexibility index (Phi) is 3.68. The van der Waals surface area contributed by atoms with E-state index in [2.05, 4.69) is 14.9 Å². The Bertz CT molecular complexity index is 1070. The van der Waals surface area contributed by atoms with Gasteiger partial charge >= 0.3 is 6.36 Å². The largest absolute Gasteiger partial charge is 0.573 e. The van der Waals surface area contributed by atoms with E-state index in [1.165, 1.54) is 24.3 Å². The van der Waals surface area contributed by atoms with E-state index in [4.69, 9.17) is 8.83 Å². The second-order valence-corrected chi connectivity index (χ2v) is 5.56. The zero-order valence-corrected chi connectivity index (χ0v) is 13.4. The Morgan fingerprint density at radius 3 is 2.35 bits per heavy atom. The molecule has 0 spiro atoms. The van der Waals surface area contributed by atoms with Gasteiger partial charge in [-0.15, -0.1) is 23.4 Å². The van der Waals surface area contributed by atoms with E-state index in [9.17, 15) is 13.2 Å². The Labute approximate surface area is 145 Å². The molecule has 0 saturated heterocycles. The van der Waals surface area contributed by atoms with Crippen LogP contribution in [0, 0.1) is 6.92 Å². The van der Waals surface area contributed by atoms with Crippen LogP contribution in [0.25, 0.3) is 33.6 Å². The highest BCUT2D eigenvalue weighted by Gasteiger charge is 2.31. The van der Waals surface area contributed by atoms with E-state index >= 15 is 0 Å². The fraction of sp³-hybridized carbons (Fsp3) is 0.111. The molecule has 0 bridgehead atoms. The van der Waals surface area contributed by atoms with E-state index < -0.39 is 6.36 Å². The Balaban J connectivity index is 1.72. The van der Waals surface area contributed by atoms with Crippen LogP contribution in [-0.4, -0.2) is 16.6 Å². The third-order valence-corrected chi connectivity index (χ3v) is 3.75. The predicted octanol–water partition coefficient (Wildman–Crippen LogP) is 5.36. The zero-order valence-electron chi connectivity index (χ0n) is 13.4. The maximum atomic E-state index is 12.3. The molecule has 0 aliphatic carbocycles. The first-order chi connectivity index (χ1) is 12.4. The van der Waals surface area contributed by atoms with Crippen molar-refractivity contribution in [1.82, 2.24) is 10.2 Å². The SMILES string of the molecule is Cc1nnc(-c2ccc3occ(-c4ccc(OC(F)(F)F)cc4)c3c2)o1. The van der Waals surface area contributed by atoms with Crippen LogP contribution in [0.3, 0.4) is 0 Å². The summed E-state index contributed by atoms with van der Waals surface area (Å²) in [4.78, 5) is 0. The quantitative estimate of drug-likeness (QED) is 0.492. The summed E-state index contributed by atoms with van der Waals surface area (Å²) in [5.41, 5.74) is 2.78. The lowest BCUT2D eigenvalue weighted by Crippen LogP contribution is -2.16. The Hall–Kier alpha value is -3.29. The van der Waals surface area contributed by atoms with E-state index in [0.29, 0.717) is 22.9 Å². The molecule has 4 rings (SSSR count). The molecule has 0 saturated carbocycles. The maximum absolute atomic E-state index is 12.3. The van der Waals surface area contributed by atoms with Crippen molar-refractivity contribution in [1.29, 1.82) is 0 Å². The fourth-order valence-electron chi connectivity index (χ4n) is 2.64. The summed E-state index contributed by atoms with van der Waals surface area (Å²) in [6.45, 7) is 1.70. The molecule has 0 unspecified atom stereocenters. The number of ether oxygens (including phenoxy) is 1. The summed E-state index contributed by atoms with van der Waals surface area (Å²) in [6, 6.07) is 11.0. The molecule has 0 amide bonds. The van der Waals surface area contributed by atoms with Crippen molar-refractivity contribution >= 4 is 11.0 Å². The van der Waals surface area contributed by atoms with Gasteiger partial charge in [-0.3, -0.25) is 0 Å². The van der Waals surface area contributed by atoms with Crippen LogP contribution in [0.15, 0.2) is 57.6 Å². The number of aryl methyl sites for hydroxylation is 1. The van der Waals surface area contributed by atoms with Crippen molar-refractivity contribution < 1.29 is 26.7 Å². The fourth-order valence-corrected chi connectivity index (χ4v) is 2.64. The summed E-state index contributed by atoms with van der Waals surface area (Å²) >= 11 is 0. The number of alkyl halides is 3. The lowest BCUT2D eigenvalue weighted by molar-refractivity contribution is -0.274. The molecule has 8 heteroatoms. The summed E-state index contributed by atoms with van der Waals surface area (Å²) in [6.07, 6.45) is -3.17. The van der Waals surface area contributed by atoms with Gasteiger partial charge in [0, 0.05) is 23.4 Å². The summed E-state index contributed by atoms with van der Waals surface area (Å²) in [5, 5.41) is 8.57. The third-order valence-electron chi connectivity index (χ3n) is 3.75. The van der Waals surface area contributed by atoms with Gasteiger partial charge in [0.05, 0.1) is 6.26 Å². The van der Waals surface area contributed by atoms with Gasteiger partial charge in [0.2, 0.25) is 11.8 Å². The van der Waals surface area contributed by atoms with Gasteiger partial charge in [-0.1, -0.05) is 12.1 Å². The van der Waals surface area contributed by atoms with Crippen molar-refractivity contribution in [2.45, 2.75) is 13.3 Å². The highest BCUT2D eigenvalue weighted by Crippen LogP contribution is 2.34. The van der Waals surface area contributed by atoms with E-state index in [-0.39, 0.29) is 5.75 Å². The summed E-state index contributed by atoms with van der Waals surface area (Å²) in [5.74, 6) is 0.550. The van der Waals surface area contributed by atoms with Gasteiger partial charge < -0.3 is 13.6 Å². The van der Waals surface area contributed by atoms with E-state index in [1.807, 2.05) is 6.07 Å². The topological polar surface area (TPSA) is 61.3 Å². The van der Waals surface area contributed by atoms with Gasteiger partial charge in [-0.2, -0.15) is 0 Å². The third kappa shape index (κ3) is 3.13. The molecule has 0 fully saturated rings. The van der Waals surface area contributed by atoms with Gasteiger partial charge in [0.1, 0.15) is 11.3 Å². The van der Waals surface area contributed by atoms with Gasteiger partial charge in [0.25, 0.3) is 0 Å². The first-order valence-electron chi connectivity index (χ1n) is 7.57. The molecule has 0 atom stereocenters. The van der Waals surface area contributed by atoms with Gasteiger partial charge in [-0.25, -0.2) is 0 Å². The zero-order chi connectivity index (χ0) is 18.3. The molecule has 2 aromatic heterocycles. The minimum Gasteiger partial charge on any atom is -0.464 e. The molecule has 0 N–H and O–H groups in total. The van der Waals surface area contributed by atoms with Crippen LogP contribution in [0.1, 0.15) is 5.89 Å². The molecular weight excluding hydrogens is 349 g/mol. The van der Waals surface area contributed by atoms with Gasteiger partial charge in [0.15, 0.2) is 0 Å². The predicted molar refractivity (Wildman–Crippen MR) is 86.4 cm³/mol. The Morgan fingerprint density at radius 1 is 0.962 bits per heavy atom. The van der Waals surface area contributed by atoms with Crippen molar-refractivity contribution in [3.63, 3.8) is 0 Å². The van der Waals surface area contributed by atoms with E-state index in [0.717, 1.165) is 16.5 Å². The summed E-state index contributed by atoms with van der Waals surface area (Å²) in [7, 11) is 0.